The Kier molecular flexibility index (Phi) is 5.76. The standard InChI is InChI=1S/C29H35ClN2O2/c1-34-27-8-6-26(7-9-27)31-10-12-32(13-11-31)28(33)19-29(22-2-4-25(30)5-3-22)23-15-20-14-21(17-23)18-24(29)16-20/h2-9,20-21,23-24H,10-19H2,1H3. The van der Waals surface area contributed by atoms with Gasteiger partial charge >= 0.3 is 0 Å². The fraction of sp³-hybridized carbons (Fsp3) is 0.552. The fourth-order valence-electron chi connectivity index (χ4n) is 8.02. The average Bonchev–Trinajstić information content (AvgIpc) is 2.86. The number of carbonyl (C=O) groups is 1. The highest BCUT2D eigenvalue weighted by molar-refractivity contribution is 6.30. The van der Waals surface area contributed by atoms with Gasteiger partial charge < -0.3 is 14.5 Å². The van der Waals surface area contributed by atoms with Crippen LogP contribution in [0.2, 0.25) is 5.02 Å². The monoisotopic (exact) mass is 478 g/mol. The molecule has 0 radical (unpaired) electrons. The van der Waals surface area contributed by atoms with Crippen LogP contribution >= 0.6 is 11.6 Å². The van der Waals surface area contributed by atoms with E-state index in [-0.39, 0.29) is 5.41 Å². The van der Waals surface area contributed by atoms with Gasteiger partial charge in [-0.25, -0.2) is 0 Å². The minimum Gasteiger partial charge on any atom is -0.497 e. The molecule has 34 heavy (non-hydrogen) atoms. The molecular weight excluding hydrogens is 444 g/mol. The molecule has 1 heterocycles. The van der Waals surface area contributed by atoms with Crippen molar-refractivity contribution in [1.29, 1.82) is 0 Å². The van der Waals surface area contributed by atoms with Crippen molar-refractivity contribution < 1.29 is 9.53 Å². The Balaban J connectivity index is 1.20. The molecule has 180 valence electrons. The van der Waals surface area contributed by atoms with E-state index in [1.807, 2.05) is 24.3 Å². The topological polar surface area (TPSA) is 32.8 Å². The second-order valence-electron chi connectivity index (χ2n) is 11.1. The number of rotatable bonds is 5. The SMILES string of the molecule is COc1ccc(N2CCN(C(=O)CC3(c4ccc(Cl)cc4)C4CC5CC(C4)CC3C5)CC2)cc1. The van der Waals surface area contributed by atoms with E-state index in [2.05, 4.69) is 34.1 Å². The van der Waals surface area contributed by atoms with Crippen LogP contribution in [0.15, 0.2) is 48.5 Å². The summed E-state index contributed by atoms with van der Waals surface area (Å²) in [6, 6.07) is 16.7. The molecule has 1 saturated heterocycles. The predicted octanol–water partition coefficient (Wildman–Crippen LogP) is 5.78. The van der Waals surface area contributed by atoms with Crippen molar-refractivity contribution in [3.05, 3.63) is 59.1 Å². The van der Waals surface area contributed by atoms with Gasteiger partial charge in [0.25, 0.3) is 0 Å². The van der Waals surface area contributed by atoms with Crippen molar-refractivity contribution in [2.45, 2.75) is 43.9 Å². The second-order valence-corrected chi connectivity index (χ2v) is 11.5. The van der Waals surface area contributed by atoms with E-state index >= 15 is 0 Å². The van der Waals surface area contributed by atoms with E-state index in [0.29, 0.717) is 24.2 Å². The van der Waals surface area contributed by atoms with Gasteiger partial charge in [-0.1, -0.05) is 23.7 Å². The quantitative estimate of drug-likeness (QED) is 0.546. The van der Waals surface area contributed by atoms with E-state index in [0.717, 1.165) is 48.8 Å². The Labute approximate surface area is 208 Å². The van der Waals surface area contributed by atoms with Gasteiger partial charge in [-0.05, 0) is 97.7 Å². The minimum atomic E-state index is -0.0117. The molecule has 1 amide bonds. The molecule has 4 saturated carbocycles. The van der Waals surface area contributed by atoms with Crippen molar-refractivity contribution in [1.82, 2.24) is 4.90 Å². The van der Waals surface area contributed by atoms with Gasteiger partial charge in [0.1, 0.15) is 5.75 Å². The lowest BCUT2D eigenvalue weighted by Crippen LogP contribution is -2.58. The van der Waals surface area contributed by atoms with Crippen LogP contribution in [0.5, 0.6) is 5.75 Å². The number of nitrogens with zero attached hydrogens (tertiary/aromatic N) is 2. The van der Waals surface area contributed by atoms with E-state index < -0.39 is 0 Å². The Morgan fingerprint density at radius 1 is 0.882 bits per heavy atom. The zero-order valence-corrected chi connectivity index (χ0v) is 20.8. The van der Waals surface area contributed by atoms with E-state index in [4.69, 9.17) is 16.3 Å². The molecule has 0 unspecified atom stereocenters. The maximum Gasteiger partial charge on any atom is 0.223 e. The summed E-state index contributed by atoms with van der Waals surface area (Å²) in [5.74, 6) is 4.25. The van der Waals surface area contributed by atoms with Gasteiger partial charge in [0.05, 0.1) is 7.11 Å². The molecule has 0 atom stereocenters. The number of anilines is 1. The number of amides is 1. The predicted molar refractivity (Wildman–Crippen MR) is 137 cm³/mol. The molecule has 0 spiro atoms. The number of hydrogen-bond acceptors (Lipinski definition) is 3. The second kappa shape index (κ2) is 8.78. The average molecular weight is 479 g/mol. The summed E-state index contributed by atoms with van der Waals surface area (Å²) in [4.78, 5) is 18.3. The number of benzene rings is 2. The van der Waals surface area contributed by atoms with Crippen LogP contribution in [0.4, 0.5) is 5.69 Å². The first-order chi connectivity index (χ1) is 16.5. The molecule has 4 aliphatic carbocycles. The van der Waals surface area contributed by atoms with Gasteiger partial charge in [0.15, 0.2) is 0 Å². The summed E-state index contributed by atoms with van der Waals surface area (Å²) in [5.41, 5.74) is 2.55. The van der Waals surface area contributed by atoms with Gasteiger partial charge in [-0.3, -0.25) is 4.79 Å². The summed E-state index contributed by atoms with van der Waals surface area (Å²) >= 11 is 6.27. The molecule has 5 fully saturated rings. The molecule has 4 bridgehead atoms. The molecule has 0 aromatic heterocycles. The van der Waals surface area contributed by atoms with E-state index in [1.54, 1.807) is 7.11 Å². The fourth-order valence-corrected chi connectivity index (χ4v) is 8.14. The molecule has 7 rings (SSSR count). The van der Waals surface area contributed by atoms with Crippen molar-refractivity contribution in [3.63, 3.8) is 0 Å². The van der Waals surface area contributed by atoms with Crippen LogP contribution in [0, 0.1) is 23.7 Å². The molecule has 2 aromatic carbocycles. The first-order valence-corrected chi connectivity index (χ1v) is 13.4. The number of piperazine rings is 1. The number of ether oxygens (including phenoxy) is 1. The van der Waals surface area contributed by atoms with Crippen LogP contribution in [0.3, 0.4) is 0 Å². The molecule has 5 heteroatoms. The van der Waals surface area contributed by atoms with Gasteiger partial charge in [-0.2, -0.15) is 0 Å². The van der Waals surface area contributed by atoms with Crippen LogP contribution in [0.1, 0.15) is 44.1 Å². The Bertz CT molecular complexity index is 999. The molecule has 0 N–H and O–H groups in total. The van der Waals surface area contributed by atoms with E-state index in [1.165, 1.54) is 43.4 Å². The summed E-state index contributed by atoms with van der Waals surface area (Å²) in [6.07, 6.45) is 7.28. The lowest BCUT2D eigenvalue weighted by atomic mass is 9.43. The highest BCUT2D eigenvalue weighted by Crippen LogP contribution is 2.64. The third-order valence-corrected chi connectivity index (χ3v) is 9.74. The van der Waals surface area contributed by atoms with Crippen LogP contribution in [0.25, 0.3) is 0 Å². The third kappa shape index (κ3) is 3.79. The van der Waals surface area contributed by atoms with Gasteiger partial charge in [-0.15, -0.1) is 0 Å². The first-order valence-electron chi connectivity index (χ1n) is 13.0. The highest BCUT2D eigenvalue weighted by atomic mass is 35.5. The number of methoxy groups -OCH3 is 1. The van der Waals surface area contributed by atoms with Crippen molar-refractivity contribution in [2.24, 2.45) is 23.7 Å². The Morgan fingerprint density at radius 3 is 2.03 bits per heavy atom. The summed E-state index contributed by atoms with van der Waals surface area (Å²) in [5, 5.41) is 0.781. The lowest BCUT2D eigenvalue weighted by molar-refractivity contribution is -0.139. The third-order valence-electron chi connectivity index (χ3n) is 9.49. The van der Waals surface area contributed by atoms with Gasteiger partial charge in [0, 0.05) is 48.7 Å². The molecule has 2 aromatic rings. The van der Waals surface area contributed by atoms with Gasteiger partial charge in [0.2, 0.25) is 5.91 Å². The lowest BCUT2D eigenvalue weighted by Gasteiger charge is -2.62. The Morgan fingerprint density at radius 2 is 1.47 bits per heavy atom. The maximum absolute atomic E-state index is 13.8. The zero-order valence-electron chi connectivity index (χ0n) is 20.1. The maximum atomic E-state index is 13.8. The molecule has 5 aliphatic rings. The summed E-state index contributed by atoms with van der Waals surface area (Å²) < 4.78 is 5.29. The smallest absolute Gasteiger partial charge is 0.223 e. The van der Waals surface area contributed by atoms with Crippen LogP contribution < -0.4 is 9.64 Å². The highest BCUT2D eigenvalue weighted by Gasteiger charge is 2.58. The van der Waals surface area contributed by atoms with Crippen molar-refractivity contribution in [3.8, 4) is 5.75 Å². The number of carbonyl (C=O) groups excluding carboxylic acids is 1. The molecule has 1 aliphatic heterocycles. The normalized spacial score (nSPS) is 32.2. The molecule has 4 nitrogen and oxygen atoms in total. The molecular formula is C29H35ClN2O2. The Hall–Kier alpha value is -2.20. The number of halogens is 1. The number of hydrogen-bond donors (Lipinski definition) is 0. The van der Waals surface area contributed by atoms with E-state index in [9.17, 15) is 4.79 Å². The van der Waals surface area contributed by atoms with Crippen LogP contribution in [-0.2, 0) is 10.2 Å². The van der Waals surface area contributed by atoms with Crippen LogP contribution in [-0.4, -0.2) is 44.1 Å². The van der Waals surface area contributed by atoms with Crippen molar-refractivity contribution >= 4 is 23.2 Å². The summed E-state index contributed by atoms with van der Waals surface area (Å²) in [7, 11) is 1.69. The van der Waals surface area contributed by atoms with Crippen molar-refractivity contribution in [2.75, 3.05) is 38.2 Å². The first kappa shape index (κ1) is 22.3. The minimum absolute atomic E-state index is 0.0117. The zero-order chi connectivity index (χ0) is 23.3. The summed E-state index contributed by atoms with van der Waals surface area (Å²) in [6.45, 7) is 3.34. The largest absolute Gasteiger partial charge is 0.497 e.